The van der Waals surface area contributed by atoms with Crippen molar-refractivity contribution in [2.24, 2.45) is 0 Å². The second-order valence-electron chi connectivity index (χ2n) is 4.39. The Bertz CT molecular complexity index is 504. The maximum Gasteiger partial charge on any atom is 0.228 e. The van der Waals surface area contributed by atoms with Gasteiger partial charge in [-0.2, -0.15) is 0 Å². The molecular formula is C13H14FNO2S. The first-order chi connectivity index (χ1) is 8.47. The SMILES string of the molecule is CC(=O)SC1CC(=O)N(c2ccc(C)cc2F)C1. The highest BCUT2D eigenvalue weighted by atomic mass is 32.2. The summed E-state index contributed by atoms with van der Waals surface area (Å²) < 4.78 is 13.8. The second kappa shape index (κ2) is 5.10. The normalized spacial score (nSPS) is 19.4. The smallest absolute Gasteiger partial charge is 0.228 e. The van der Waals surface area contributed by atoms with Gasteiger partial charge in [0.15, 0.2) is 5.12 Å². The molecule has 1 aromatic carbocycles. The molecule has 1 saturated heterocycles. The van der Waals surface area contributed by atoms with E-state index >= 15 is 0 Å². The Kier molecular flexibility index (Phi) is 3.71. The van der Waals surface area contributed by atoms with E-state index in [0.717, 1.165) is 17.3 Å². The Morgan fingerprint density at radius 2 is 2.22 bits per heavy atom. The van der Waals surface area contributed by atoms with E-state index in [9.17, 15) is 14.0 Å². The highest BCUT2D eigenvalue weighted by Gasteiger charge is 2.33. The van der Waals surface area contributed by atoms with E-state index < -0.39 is 5.82 Å². The third-order valence-electron chi connectivity index (χ3n) is 2.82. The van der Waals surface area contributed by atoms with Gasteiger partial charge in [-0.15, -0.1) is 0 Å². The fraction of sp³-hybridized carbons (Fsp3) is 0.385. The van der Waals surface area contributed by atoms with Crippen molar-refractivity contribution < 1.29 is 14.0 Å². The molecule has 2 rings (SSSR count). The van der Waals surface area contributed by atoms with Gasteiger partial charge in [-0.3, -0.25) is 9.59 Å². The summed E-state index contributed by atoms with van der Waals surface area (Å²) in [7, 11) is 0. The molecule has 1 atom stereocenters. The second-order valence-corrected chi connectivity index (χ2v) is 5.87. The van der Waals surface area contributed by atoms with Crippen LogP contribution in [0.2, 0.25) is 0 Å². The third-order valence-corrected chi connectivity index (χ3v) is 3.80. The van der Waals surface area contributed by atoms with Crippen LogP contribution in [-0.4, -0.2) is 22.8 Å². The van der Waals surface area contributed by atoms with Crippen molar-refractivity contribution in [2.75, 3.05) is 11.4 Å². The Hall–Kier alpha value is -1.36. The minimum atomic E-state index is -0.392. The Labute approximate surface area is 109 Å². The van der Waals surface area contributed by atoms with Crippen LogP contribution in [-0.2, 0) is 9.59 Å². The van der Waals surface area contributed by atoms with E-state index in [4.69, 9.17) is 0 Å². The first-order valence-electron chi connectivity index (χ1n) is 5.71. The minimum absolute atomic E-state index is 0.0148. The lowest BCUT2D eigenvalue weighted by Gasteiger charge is -2.17. The Morgan fingerprint density at radius 3 is 2.83 bits per heavy atom. The van der Waals surface area contributed by atoms with Gasteiger partial charge in [0.2, 0.25) is 5.91 Å². The summed E-state index contributed by atoms with van der Waals surface area (Å²) in [6, 6.07) is 4.80. The van der Waals surface area contributed by atoms with Crippen molar-refractivity contribution in [2.45, 2.75) is 25.5 Å². The van der Waals surface area contributed by atoms with Crippen LogP contribution in [0.15, 0.2) is 18.2 Å². The summed E-state index contributed by atoms with van der Waals surface area (Å²) in [6.07, 6.45) is 0.289. The topological polar surface area (TPSA) is 37.4 Å². The zero-order valence-electron chi connectivity index (χ0n) is 10.3. The number of hydrogen-bond acceptors (Lipinski definition) is 3. The van der Waals surface area contributed by atoms with Crippen molar-refractivity contribution in [1.29, 1.82) is 0 Å². The molecule has 0 N–H and O–H groups in total. The zero-order valence-corrected chi connectivity index (χ0v) is 11.1. The number of halogens is 1. The maximum absolute atomic E-state index is 13.8. The largest absolute Gasteiger partial charge is 0.308 e. The molecular weight excluding hydrogens is 253 g/mol. The molecule has 0 radical (unpaired) electrons. The fourth-order valence-electron chi connectivity index (χ4n) is 2.05. The van der Waals surface area contributed by atoms with Crippen LogP contribution in [0.3, 0.4) is 0 Å². The van der Waals surface area contributed by atoms with Crippen molar-refractivity contribution in [3.63, 3.8) is 0 Å². The number of rotatable bonds is 2. The van der Waals surface area contributed by atoms with Crippen LogP contribution < -0.4 is 4.90 Å². The van der Waals surface area contributed by atoms with E-state index in [2.05, 4.69) is 0 Å². The summed E-state index contributed by atoms with van der Waals surface area (Å²) in [6.45, 7) is 3.67. The monoisotopic (exact) mass is 267 g/mol. The average Bonchev–Trinajstić information content (AvgIpc) is 2.58. The molecule has 96 valence electrons. The average molecular weight is 267 g/mol. The predicted octanol–water partition coefficient (Wildman–Crippen LogP) is 2.52. The summed E-state index contributed by atoms with van der Waals surface area (Å²) in [5.74, 6) is -0.520. The lowest BCUT2D eigenvalue weighted by Crippen LogP contribution is -2.26. The summed E-state index contributed by atoms with van der Waals surface area (Å²) in [5, 5.41) is -0.0882. The molecule has 3 nitrogen and oxygen atoms in total. The molecule has 18 heavy (non-hydrogen) atoms. The molecule has 1 aliphatic rings. The maximum atomic E-state index is 13.8. The Balaban J connectivity index is 2.19. The van der Waals surface area contributed by atoms with E-state index in [1.165, 1.54) is 17.9 Å². The summed E-state index contributed by atoms with van der Waals surface area (Å²) in [5.41, 5.74) is 1.12. The predicted molar refractivity (Wildman–Crippen MR) is 70.2 cm³/mol. The molecule has 1 amide bonds. The highest BCUT2D eigenvalue weighted by molar-refractivity contribution is 8.14. The number of anilines is 1. The zero-order chi connectivity index (χ0) is 13.3. The molecule has 1 aliphatic heterocycles. The van der Waals surface area contributed by atoms with Crippen molar-refractivity contribution >= 4 is 28.5 Å². The number of amides is 1. The number of carbonyl (C=O) groups excluding carboxylic acids is 2. The van der Waals surface area contributed by atoms with Gasteiger partial charge in [-0.1, -0.05) is 17.8 Å². The van der Waals surface area contributed by atoms with E-state index in [1.54, 1.807) is 19.1 Å². The highest BCUT2D eigenvalue weighted by Crippen LogP contribution is 2.30. The number of hydrogen-bond donors (Lipinski definition) is 0. The minimum Gasteiger partial charge on any atom is -0.308 e. The van der Waals surface area contributed by atoms with Crippen LogP contribution in [0.1, 0.15) is 18.9 Å². The van der Waals surface area contributed by atoms with Gasteiger partial charge >= 0.3 is 0 Å². The van der Waals surface area contributed by atoms with Crippen LogP contribution in [0.25, 0.3) is 0 Å². The molecule has 5 heteroatoms. The quantitative estimate of drug-likeness (QED) is 0.826. The Morgan fingerprint density at radius 1 is 1.50 bits per heavy atom. The standard InChI is InChI=1S/C13H14FNO2S/c1-8-3-4-12(11(14)5-8)15-7-10(6-13(15)17)18-9(2)16/h3-5,10H,6-7H2,1-2H3. The van der Waals surface area contributed by atoms with Crippen molar-refractivity contribution in [3.05, 3.63) is 29.6 Å². The van der Waals surface area contributed by atoms with E-state index in [1.807, 2.05) is 0 Å². The van der Waals surface area contributed by atoms with Gasteiger partial charge in [0.25, 0.3) is 0 Å². The first-order valence-corrected chi connectivity index (χ1v) is 6.59. The van der Waals surface area contributed by atoms with E-state index in [-0.39, 0.29) is 22.7 Å². The fourth-order valence-corrected chi connectivity index (χ4v) is 2.97. The molecule has 1 aromatic rings. The molecule has 0 aliphatic carbocycles. The number of carbonyl (C=O) groups is 2. The van der Waals surface area contributed by atoms with Crippen LogP contribution in [0.5, 0.6) is 0 Å². The van der Waals surface area contributed by atoms with Gasteiger partial charge in [0.05, 0.1) is 5.69 Å². The lowest BCUT2D eigenvalue weighted by molar-refractivity contribution is -0.117. The molecule has 0 aromatic heterocycles. The molecule has 0 bridgehead atoms. The summed E-state index contributed by atoms with van der Waals surface area (Å²) in [4.78, 5) is 24.3. The number of nitrogens with zero attached hydrogens (tertiary/aromatic N) is 1. The summed E-state index contributed by atoms with van der Waals surface area (Å²) >= 11 is 1.15. The van der Waals surface area contributed by atoms with Gasteiger partial charge < -0.3 is 4.90 Å². The van der Waals surface area contributed by atoms with Crippen molar-refractivity contribution in [1.82, 2.24) is 0 Å². The van der Waals surface area contributed by atoms with Gasteiger partial charge in [0, 0.05) is 25.1 Å². The van der Waals surface area contributed by atoms with E-state index in [0.29, 0.717) is 12.2 Å². The molecule has 1 fully saturated rings. The molecule has 1 unspecified atom stereocenters. The number of benzene rings is 1. The van der Waals surface area contributed by atoms with Crippen LogP contribution in [0.4, 0.5) is 10.1 Å². The van der Waals surface area contributed by atoms with Crippen LogP contribution >= 0.6 is 11.8 Å². The van der Waals surface area contributed by atoms with Gasteiger partial charge in [0.1, 0.15) is 5.82 Å². The number of thioether (sulfide) groups is 1. The first kappa shape index (κ1) is 13.1. The van der Waals surface area contributed by atoms with Gasteiger partial charge in [-0.05, 0) is 24.6 Å². The molecule has 0 spiro atoms. The van der Waals surface area contributed by atoms with Crippen molar-refractivity contribution in [3.8, 4) is 0 Å². The third kappa shape index (κ3) is 2.72. The lowest BCUT2D eigenvalue weighted by atomic mass is 10.2. The molecule has 0 saturated carbocycles. The molecule has 1 heterocycles. The van der Waals surface area contributed by atoms with Crippen LogP contribution in [0, 0.1) is 12.7 Å². The number of aryl methyl sites for hydroxylation is 1. The van der Waals surface area contributed by atoms with Gasteiger partial charge in [-0.25, -0.2) is 4.39 Å².